The van der Waals surface area contributed by atoms with Gasteiger partial charge in [-0.25, -0.2) is 9.97 Å². The Morgan fingerprint density at radius 1 is 1.44 bits per heavy atom. The Hall–Kier alpha value is -1.28. The van der Waals surface area contributed by atoms with E-state index in [0.717, 1.165) is 23.8 Å². The van der Waals surface area contributed by atoms with E-state index < -0.39 is 0 Å². The van der Waals surface area contributed by atoms with Crippen LogP contribution in [0.1, 0.15) is 37.1 Å². The second-order valence-corrected chi connectivity index (χ2v) is 5.83. The van der Waals surface area contributed by atoms with Gasteiger partial charge < -0.3 is 5.32 Å². The van der Waals surface area contributed by atoms with Crippen LogP contribution in [-0.2, 0) is 0 Å². The number of nitrogens with zero attached hydrogens (tertiary/aromatic N) is 3. The van der Waals surface area contributed by atoms with E-state index in [1.807, 2.05) is 18.7 Å². The molecule has 1 aromatic heterocycles. The fraction of sp³-hybridized carbons (Fsp3) is 0.615. The lowest BCUT2D eigenvalue weighted by Crippen LogP contribution is -2.29. The third-order valence-electron chi connectivity index (χ3n) is 3.26. The van der Waals surface area contributed by atoms with Crippen molar-refractivity contribution in [2.75, 3.05) is 11.6 Å². The van der Waals surface area contributed by atoms with Gasteiger partial charge in [-0.15, -0.1) is 0 Å². The average molecular weight is 262 g/mol. The quantitative estimate of drug-likeness (QED) is 0.907. The van der Waals surface area contributed by atoms with Gasteiger partial charge in [0.2, 0.25) is 5.95 Å². The standard InChI is InChI=1S/C13H18N4S/c1-9-6-11(8-14)17-13(15-9)16-10-4-3-5-12(7-10)18-2/h6,10,12H,3-5,7H2,1-2H3,(H,15,16,17). The van der Waals surface area contributed by atoms with Crippen molar-refractivity contribution in [3.05, 3.63) is 17.5 Å². The van der Waals surface area contributed by atoms with Gasteiger partial charge in [0.05, 0.1) is 0 Å². The highest BCUT2D eigenvalue weighted by Gasteiger charge is 2.21. The predicted octanol–water partition coefficient (Wildman–Crippen LogP) is 2.74. The largest absolute Gasteiger partial charge is 0.351 e. The summed E-state index contributed by atoms with van der Waals surface area (Å²) < 4.78 is 0. The second-order valence-electron chi connectivity index (χ2n) is 4.70. The van der Waals surface area contributed by atoms with Gasteiger partial charge in [-0.1, -0.05) is 6.42 Å². The molecule has 0 aromatic carbocycles. The zero-order valence-electron chi connectivity index (χ0n) is 10.8. The van der Waals surface area contributed by atoms with E-state index in [2.05, 4.69) is 27.6 Å². The van der Waals surface area contributed by atoms with Gasteiger partial charge in [0.25, 0.3) is 0 Å². The van der Waals surface area contributed by atoms with E-state index in [-0.39, 0.29) is 0 Å². The zero-order chi connectivity index (χ0) is 13.0. The first-order valence-corrected chi connectivity index (χ1v) is 7.55. The van der Waals surface area contributed by atoms with Crippen LogP contribution in [0.3, 0.4) is 0 Å². The highest BCUT2D eigenvalue weighted by Crippen LogP contribution is 2.28. The van der Waals surface area contributed by atoms with Gasteiger partial charge in [-0.3, -0.25) is 0 Å². The number of aryl methyl sites for hydroxylation is 1. The molecule has 2 unspecified atom stereocenters. The Labute approximate surface area is 112 Å². The highest BCUT2D eigenvalue weighted by molar-refractivity contribution is 7.99. The summed E-state index contributed by atoms with van der Waals surface area (Å²) in [5, 5.41) is 13.0. The fourth-order valence-electron chi connectivity index (χ4n) is 2.36. The SMILES string of the molecule is CSC1CCCC(Nc2nc(C)cc(C#N)n2)C1. The molecule has 1 aliphatic rings. The molecule has 1 saturated carbocycles. The Morgan fingerprint density at radius 2 is 2.28 bits per heavy atom. The molecule has 1 aliphatic carbocycles. The minimum Gasteiger partial charge on any atom is -0.351 e. The average Bonchev–Trinajstić information content (AvgIpc) is 2.38. The van der Waals surface area contributed by atoms with Crippen LogP contribution in [0.15, 0.2) is 6.07 Å². The maximum Gasteiger partial charge on any atom is 0.224 e. The van der Waals surface area contributed by atoms with Crippen molar-refractivity contribution < 1.29 is 0 Å². The lowest BCUT2D eigenvalue weighted by molar-refractivity contribution is 0.471. The molecular weight excluding hydrogens is 244 g/mol. The molecule has 18 heavy (non-hydrogen) atoms. The molecule has 0 amide bonds. The summed E-state index contributed by atoms with van der Waals surface area (Å²) in [4.78, 5) is 8.55. The maximum atomic E-state index is 8.90. The van der Waals surface area contributed by atoms with Crippen LogP contribution < -0.4 is 5.32 Å². The van der Waals surface area contributed by atoms with Crippen LogP contribution in [0.2, 0.25) is 0 Å². The molecule has 1 aromatic rings. The molecule has 96 valence electrons. The van der Waals surface area contributed by atoms with Gasteiger partial charge in [0.15, 0.2) is 0 Å². The minimum absolute atomic E-state index is 0.433. The number of hydrogen-bond acceptors (Lipinski definition) is 5. The van der Waals surface area contributed by atoms with E-state index in [9.17, 15) is 0 Å². The number of hydrogen-bond donors (Lipinski definition) is 1. The zero-order valence-corrected chi connectivity index (χ0v) is 11.6. The fourth-order valence-corrected chi connectivity index (χ4v) is 3.19. The number of thioether (sulfide) groups is 1. The third kappa shape index (κ3) is 3.36. The molecular formula is C13H18N4S. The van der Waals surface area contributed by atoms with Crippen LogP contribution in [0.5, 0.6) is 0 Å². The molecule has 1 N–H and O–H groups in total. The molecule has 0 bridgehead atoms. The topological polar surface area (TPSA) is 61.6 Å². The van der Waals surface area contributed by atoms with E-state index in [1.54, 1.807) is 6.07 Å². The molecule has 2 atom stereocenters. The van der Waals surface area contributed by atoms with Crippen LogP contribution in [-0.4, -0.2) is 27.5 Å². The maximum absolute atomic E-state index is 8.90. The van der Waals surface area contributed by atoms with Crippen molar-refractivity contribution in [3.63, 3.8) is 0 Å². The van der Waals surface area contributed by atoms with E-state index in [1.165, 1.54) is 12.8 Å². The van der Waals surface area contributed by atoms with Crippen molar-refractivity contribution in [2.24, 2.45) is 0 Å². The number of nitrogens with one attached hydrogen (secondary N) is 1. The van der Waals surface area contributed by atoms with E-state index in [0.29, 0.717) is 17.7 Å². The lowest BCUT2D eigenvalue weighted by Gasteiger charge is -2.28. The molecule has 2 rings (SSSR count). The summed E-state index contributed by atoms with van der Waals surface area (Å²) in [6, 6.07) is 4.21. The lowest BCUT2D eigenvalue weighted by atomic mass is 9.95. The first-order valence-electron chi connectivity index (χ1n) is 6.26. The van der Waals surface area contributed by atoms with Crippen molar-refractivity contribution in [1.29, 1.82) is 5.26 Å². The van der Waals surface area contributed by atoms with Gasteiger partial charge in [0, 0.05) is 17.0 Å². The molecule has 0 aliphatic heterocycles. The predicted molar refractivity (Wildman–Crippen MR) is 74.7 cm³/mol. The van der Waals surface area contributed by atoms with E-state index >= 15 is 0 Å². The van der Waals surface area contributed by atoms with Crippen LogP contribution >= 0.6 is 11.8 Å². The summed E-state index contributed by atoms with van der Waals surface area (Å²) in [7, 11) is 0. The Kier molecular flexibility index (Phi) is 4.43. The van der Waals surface area contributed by atoms with Gasteiger partial charge >= 0.3 is 0 Å². The highest BCUT2D eigenvalue weighted by atomic mass is 32.2. The molecule has 1 fully saturated rings. The van der Waals surface area contributed by atoms with E-state index in [4.69, 9.17) is 5.26 Å². The monoisotopic (exact) mass is 262 g/mol. The van der Waals surface area contributed by atoms with Crippen LogP contribution in [0.25, 0.3) is 0 Å². The van der Waals surface area contributed by atoms with Crippen molar-refractivity contribution in [3.8, 4) is 6.07 Å². The van der Waals surface area contributed by atoms with Gasteiger partial charge in [-0.05, 0) is 38.5 Å². The van der Waals surface area contributed by atoms with Gasteiger partial charge in [-0.2, -0.15) is 17.0 Å². The van der Waals surface area contributed by atoms with Crippen LogP contribution in [0.4, 0.5) is 5.95 Å². The molecule has 1 heterocycles. The molecule has 0 spiro atoms. The number of nitriles is 1. The molecule has 0 saturated heterocycles. The molecule has 4 nitrogen and oxygen atoms in total. The molecule has 5 heteroatoms. The first-order chi connectivity index (χ1) is 8.71. The smallest absolute Gasteiger partial charge is 0.224 e. The van der Waals surface area contributed by atoms with Crippen molar-refractivity contribution in [2.45, 2.75) is 43.9 Å². The summed E-state index contributed by atoms with van der Waals surface area (Å²) in [5.74, 6) is 0.596. The van der Waals surface area contributed by atoms with Gasteiger partial charge in [0.1, 0.15) is 11.8 Å². The third-order valence-corrected chi connectivity index (χ3v) is 4.36. The normalized spacial score (nSPS) is 23.4. The Morgan fingerprint density at radius 3 is 3.00 bits per heavy atom. The summed E-state index contributed by atoms with van der Waals surface area (Å²) in [5.41, 5.74) is 1.27. The molecule has 0 radical (unpaired) electrons. The number of aromatic nitrogens is 2. The van der Waals surface area contributed by atoms with Crippen LogP contribution in [0, 0.1) is 18.3 Å². The number of rotatable bonds is 3. The Bertz CT molecular complexity index is 455. The Balaban J connectivity index is 2.05. The summed E-state index contributed by atoms with van der Waals surface area (Å²) in [6.45, 7) is 1.89. The first kappa shape index (κ1) is 13.2. The summed E-state index contributed by atoms with van der Waals surface area (Å²) >= 11 is 1.94. The minimum atomic E-state index is 0.433. The van der Waals surface area contributed by atoms with Crippen molar-refractivity contribution >= 4 is 17.7 Å². The summed E-state index contributed by atoms with van der Waals surface area (Å²) in [6.07, 6.45) is 7.04. The van der Waals surface area contributed by atoms with Crippen molar-refractivity contribution in [1.82, 2.24) is 9.97 Å². The second kappa shape index (κ2) is 6.05. The number of anilines is 1.